The van der Waals surface area contributed by atoms with Gasteiger partial charge in [-0.3, -0.25) is 0 Å². The maximum absolute atomic E-state index is 13.4. The van der Waals surface area contributed by atoms with E-state index >= 15 is 0 Å². The number of nitrogens with one attached hydrogen (secondary N) is 1. The van der Waals surface area contributed by atoms with Gasteiger partial charge >= 0.3 is 0 Å². The van der Waals surface area contributed by atoms with Crippen LogP contribution < -0.4 is 5.32 Å². The molecular weight excluding hydrogens is 241 g/mol. The third kappa shape index (κ3) is 2.28. The Kier molecular flexibility index (Phi) is 2.90. The molecule has 0 fully saturated rings. The monoisotopic (exact) mass is 257 g/mol. The minimum atomic E-state index is -0.225. The number of phenols is 1. The quantitative estimate of drug-likeness (QED) is 0.854. The summed E-state index contributed by atoms with van der Waals surface area (Å²) in [5.41, 5.74) is 3.81. The molecule has 0 bridgehead atoms. The molecule has 0 heterocycles. The molecule has 0 aliphatic heterocycles. The molecule has 2 N–H and O–H groups in total. The van der Waals surface area contributed by atoms with E-state index in [1.807, 2.05) is 25.1 Å². The number of benzene rings is 2. The number of hydrogen-bond acceptors (Lipinski definition) is 2. The normalized spacial score (nSPS) is 17.3. The number of rotatable bonds is 2. The first-order chi connectivity index (χ1) is 9.13. The van der Waals surface area contributed by atoms with Crippen molar-refractivity contribution >= 4 is 5.69 Å². The number of aromatic hydroxyl groups is 1. The highest BCUT2D eigenvalue weighted by molar-refractivity contribution is 5.52. The van der Waals surface area contributed by atoms with Crippen LogP contribution >= 0.6 is 0 Å². The number of aryl methyl sites for hydroxylation is 1. The van der Waals surface area contributed by atoms with Gasteiger partial charge in [-0.2, -0.15) is 0 Å². The fourth-order valence-electron chi connectivity index (χ4n) is 2.81. The number of phenolic OH excluding ortho intramolecular Hbond substituents is 1. The van der Waals surface area contributed by atoms with E-state index in [2.05, 4.69) is 5.32 Å². The Balaban J connectivity index is 1.89. The Morgan fingerprint density at radius 2 is 2.11 bits per heavy atom. The molecule has 0 radical (unpaired) electrons. The highest BCUT2D eigenvalue weighted by Gasteiger charge is 2.24. The lowest BCUT2D eigenvalue weighted by Crippen LogP contribution is -2.07. The van der Waals surface area contributed by atoms with Gasteiger partial charge in [0.1, 0.15) is 11.6 Å². The Hall–Kier alpha value is -2.03. The Labute approximate surface area is 111 Å². The molecule has 1 aliphatic carbocycles. The van der Waals surface area contributed by atoms with Crippen LogP contribution in [0.15, 0.2) is 36.4 Å². The molecule has 1 aliphatic rings. The zero-order chi connectivity index (χ0) is 13.4. The Bertz CT molecular complexity index is 604. The molecule has 0 aromatic heterocycles. The molecule has 1 atom stereocenters. The molecule has 0 spiro atoms. The van der Waals surface area contributed by atoms with Crippen molar-refractivity contribution < 1.29 is 9.50 Å². The third-order valence-electron chi connectivity index (χ3n) is 3.63. The van der Waals surface area contributed by atoms with Crippen LogP contribution in [0.2, 0.25) is 0 Å². The number of hydrogen-bond donors (Lipinski definition) is 2. The van der Waals surface area contributed by atoms with Gasteiger partial charge in [0.25, 0.3) is 0 Å². The maximum Gasteiger partial charge on any atom is 0.125 e. The lowest BCUT2D eigenvalue weighted by Gasteiger charge is -2.16. The number of anilines is 1. The average Bonchev–Trinajstić information content (AvgIpc) is 2.73. The summed E-state index contributed by atoms with van der Waals surface area (Å²) in [5.74, 6) is 0.133. The van der Waals surface area contributed by atoms with E-state index in [-0.39, 0.29) is 11.9 Å². The van der Waals surface area contributed by atoms with E-state index < -0.39 is 0 Å². The van der Waals surface area contributed by atoms with Crippen molar-refractivity contribution in [1.82, 2.24) is 0 Å². The summed E-state index contributed by atoms with van der Waals surface area (Å²) in [7, 11) is 0. The van der Waals surface area contributed by atoms with Crippen LogP contribution in [0.4, 0.5) is 10.1 Å². The summed E-state index contributed by atoms with van der Waals surface area (Å²) in [5, 5.41) is 13.2. The lowest BCUT2D eigenvalue weighted by molar-refractivity contribution is 0.469. The van der Waals surface area contributed by atoms with Crippen molar-refractivity contribution in [3.8, 4) is 5.75 Å². The molecule has 2 aromatic rings. The predicted octanol–water partition coefficient (Wildman–Crippen LogP) is 3.94. The van der Waals surface area contributed by atoms with Crippen LogP contribution in [-0.2, 0) is 6.42 Å². The topological polar surface area (TPSA) is 32.3 Å². The van der Waals surface area contributed by atoms with Crippen LogP contribution in [0.3, 0.4) is 0 Å². The van der Waals surface area contributed by atoms with E-state index in [9.17, 15) is 9.50 Å². The first-order valence-electron chi connectivity index (χ1n) is 6.48. The molecule has 19 heavy (non-hydrogen) atoms. The first kappa shape index (κ1) is 12.0. The lowest BCUT2D eigenvalue weighted by atomic mass is 10.1. The minimum Gasteiger partial charge on any atom is -0.508 e. The molecule has 98 valence electrons. The average molecular weight is 257 g/mol. The standard InChI is InChI=1S/C16H16FNO/c1-10-7-11(17)9-12(8-10)18-15-6-5-14-13(15)3-2-4-16(14)19/h2-4,7-9,15,18-19H,5-6H2,1H3. The third-order valence-corrected chi connectivity index (χ3v) is 3.63. The van der Waals surface area contributed by atoms with Crippen molar-refractivity contribution in [3.63, 3.8) is 0 Å². The zero-order valence-corrected chi connectivity index (χ0v) is 10.8. The van der Waals surface area contributed by atoms with Crippen LogP contribution in [0.1, 0.15) is 29.2 Å². The smallest absolute Gasteiger partial charge is 0.125 e. The molecular formula is C16H16FNO. The van der Waals surface area contributed by atoms with E-state index in [0.717, 1.165) is 35.2 Å². The van der Waals surface area contributed by atoms with E-state index in [1.54, 1.807) is 6.07 Å². The van der Waals surface area contributed by atoms with Crippen molar-refractivity contribution in [1.29, 1.82) is 0 Å². The van der Waals surface area contributed by atoms with E-state index in [0.29, 0.717) is 5.75 Å². The number of fused-ring (bicyclic) bond motifs is 1. The van der Waals surface area contributed by atoms with Gasteiger partial charge in [-0.1, -0.05) is 12.1 Å². The molecule has 2 aromatic carbocycles. The zero-order valence-electron chi connectivity index (χ0n) is 10.8. The molecule has 2 nitrogen and oxygen atoms in total. The van der Waals surface area contributed by atoms with Gasteiger partial charge in [-0.15, -0.1) is 0 Å². The van der Waals surface area contributed by atoms with Gasteiger partial charge in [-0.25, -0.2) is 4.39 Å². The summed E-state index contributed by atoms with van der Waals surface area (Å²) in [6.45, 7) is 1.88. The van der Waals surface area contributed by atoms with Gasteiger partial charge in [0.05, 0.1) is 6.04 Å². The Morgan fingerprint density at radius 3 is 2.89 bits per heavy atom. The van der Waals surface area contributed by atoms with Crippen LogP contribution in [0.25, 0.3) is 0 Å². The predicted molar refractivity (Wildman–Crippen MR) is 73.9 cm³/mol. The SMILES string of the molecule is Cc1cc(F)cc(NC2CCc3c(O)cccc32)c1. The van der Waals surface area contributed by atoms with Gasteiger partial charge in [-0.05, 0) is 60.7 Å². The fourth-order valence-corrected chi connectivity index (χ4v) is 2.81. The molecule has 0 saturated heterocycles. The molecule has 3 rings (SSSR count). The van der Waals surface area contributed by atoms with Gasteiger partial charge < -0.3 is 10.4 Å². The summed E-state index contributed by atoms with van der Waals surface area (Å²) >= 11 is 0. The second kappa shape index (κ2) is 4.57. The highest BCUT2D eigenvalue weighted by atomic mass is 19.1. The minimum absolute atomic E-state index is 0.142. The summed E-state index contributed by atoms with van der Waals surface area (Å²) in [4.78, 5) is 0. The first-order valence-corrected chi connectivity index (χ1v) is 6.48. The molecule has 3 heteroatoms. The van der Waals surface area contributed by atoms with Crippen LogP contribution in [0, 0.1) is 12.7 Å². The summed E-state index contributed by atoms with van der Waals surface area (Å²) in [6, 6.07) is 10.7. The number of halogens is 1. The van der Waals surface area contributed by atoms with E-state index in [4.69, 9.17) is 0 Å². The molecule has 1 unspecified atom stereocenters. The molecule has 0 saturated carbocycles. The van der Waals surface area contributed by atoms with Crippen molar-refractivity contribution in [2.45, 2.75) is 25.8 Å². The Morgan fingerprint density at radius 1 is 1.26 bits per heavy atom. The van der Waals surface area contributed by atoms with E-state index in [1.165, 1.54) is 12.1 Å². The summed E-state index contributed by atoms with van der Waals surface area (Å²) in [6.07, 6.45) is 1.77. The second-order valence-corrected chi connectivity index (χ2v) is 5.10. The van der Waals surface area contributed by atoms with Gasteiger partial charge in [0.2, 0.25) is 0 Å². The van der Waals surface area contributed by atoms with Gasteiger partial charge in [0, 0.05) is 5.69 Å². The fraction of sp³-hybridized carbons (Fsp3) is 0.250. The summed E-state index contributed by atoms with van der Waals surface area (Å²) < 4.78 is 13.4. The molecule has 0 amide bonds. The highest BCUT2D eigenvalue weighted by Crippen LogP contribution is 2.38. The second-order valence-electron chi connectivity index (χ2n) is 5.10. The van der Waals surface area contributed by atoms with Crippen molar-refractivity contribution in [3.05, 3.63) is 58.9 Å². The van der Waals surface area contributed by atoms with Crippen LogP contribution in [-0.4, -0.2) is 5.11 Å². The largest absolute Gasteiger partial charge is 0.508 e. The van der Waals surface area contributed by atoms with Gasteiger partial charge in [0.15, 0.2) is 0 Å². The van der Waals surface area contributed by atoms with Crippen LogP contribution in [0.5, 0.6) is 5.75 Å². The van der Waals surface area contributed by atoms with Crippen molar-refractivity contribution in [2.24, 2.45) is 0 Å². The van der Waals surface area contributed by atoms with Crippen molar-refractivity contribution in [2.75, 3.05) is 5.32 Å². The maximum atomic E-state index is 13.4.